The van der Waals surface area contributed by atoms with Gasteiger partial charge in [0.15, 0.2) is 0 Å². The highest BCUT2D eigenvalue weighted by atomic mass is 16.2. The van der Waals surface area contributed by atoms with Crippen molar-refractivity contribution in [3.05, 3.63) is 70.1 Å². The van der Waals surface area contributed by atoms with E-state index in [0.29, 0.717) is 5.56 Å². The summed E-state index contributed by atoms with van der Waals surface area (Å²) in [7, 11) is 3.95. The van der Waals surface area contributed by atoms with Crippen molar-refractivity contribution in [2.24, 2.45) is 0 Å². The topological polar surface area (TPSA) is 65.2 Å². The van der Waals surface area contributed by atoms with Crippen LogP contribution in [-0.4, -0.2) is 42.5 Å². The zero-order valence-electron chi connectivity index (χ0n) is 12.9. The number of aromatic amines is 1. The summed E-state index contributed by atoms with van der Waals surface area (Å²) in [5.41, 5.74) is 1.42. The number of H-pyrrole nitrogens is 1. The molecular weight excluding hydrogens is 278 g/mol. The van der Waals surface area contributed by atoms with Crippen molar-refractivity contribution in [2.45, 2.75) is 12.5 Å². The quantitative estimate of drug-likeness (QED) is 0.844. The second-order valence-corrected chi connectivity index (χ2v) is 5.56. The van der Waals surface area contributed by atoms with Gasteiger partial charge in [-0.25, -0.2) is 0 Å². The number of aromatic nitrogens is 1. The molecule has 116 valence electrons. The van der Waals surface area contributed by atoms with E-state index in [-0.39, 0.29) is 17.5 Å². The summed E-state index contributed by atoms with van der Waals surface area (Å²) >= 11 is 0. The Balaban J connectivity index is 2.07. The molecule has 0 aliphatic heterocycles. The second-order valence-electron chi connectivity index (χ2n) is 5.56. The summed E-state index contributed by atoms with van der Waals surface area (Å²) in [6.07, 6.45) is 2.20. The maximum Gasteiger partial charge on any atom is 0.253 e. The number of nitrogens with zero attached hydrogens (tertiary/aromatic N) is 1. The Labute approximate surface area is 130 Å². The van der Waals surface area contributed by atoms with Crippen molar-refractivity contribution in [3.63, 3.8) is 0 Å². The molecule has 0 spiro atoms. The largest absolute Gasteiger partial charge is 0.348 e. The molecule has 1 unspecified atom stereocenters. The molecule has 0 radical (unpaired) electrons. The highest BCUT2D eigenvalue weighted by Crippen LogP contribution is 2.05. The summed E-state index contributed by atoms with van der Waals surface area (Å²) in [4.78, 5) is 27.9. The summed E-state index contributed by atoms with van der Waals surface area (Å²) in [6.45, 7) is 0.740. The van der Waals surface area contributed by atoms with Crippen LogP contribution in [0.15, 0.2) is 53.5 Å². The van der Waals surface area contributed by atoms with Gasteiger partial charge in [0.25, 0.3) is 5.91 Å². The molecule has 1 aromatic carbocycles. The molecule has 5 heteroatoms. The molecule has 0 saturated carbocycles. The Morgan fingerprint density at radius 1 is 1.18 bits per heavy atom. The van der Waals surface area contributed by atoms with Gasteiger partial charge in [-0.1, -0.05) is 30.3 Å². The third-order valence-corrected chi connectivity index (χ3v) is 3.29. The highest BCUT2D eigenvalue weighted by molar-refractivity contribution is 5.94. The Morgan fingerprint density at radius 3 is 2.50 bits per heavy atom. The van der Waals surface area contributed by atoms with Crippen LogP contribution in [0.4, 0.5) is 0 Å². The average molecular weight is 299 g/mol. The first-order valence-electron chi connectivity index (χ1n) is 7.23. The lowest BCUT2D eigenvalue weighted by molar-refractivity contribution is 0.0930. The number of carbonyl (C=O) groups is 1. The van der Waals surface area contributed by atoms with Gasteiger partial charge in [-0.15, -0.1) is 0 Å². The summed E-state index contributed by atoms with van der Waals surface area (Å²) in [6, 6.07) is 12.9. The fourth-order valence-electron chi connectivity index (χ4n) is 2.32. The number of likely N-dealkylation sites (N-methyl/N-ethyl adjacent to an activating group) is 1. The summed E-state index contributed by atoms with van der Waals surface area (Å²) in [5, 5.41) is 3.03. The molecule has 0 fully saturated rings. The van der Waals surface area contributed by atoms with E-state index in [1.165, 1.54) is 23.9 Å². The van der Waals surface area contributed by atoms with Crippen molar-refractivity contribution in [3.8, 4) is 0 Å². The van der Waals surface area contributed by atoms with Crippen molar-refractivity contribution in [2.75, 3.05) is 20.6 Å². The molecule has 1 aromatic heterocycles. The Hall–Kier alpha value is -2.40. The molecule has 1 atom stereocenters. The van der Waals surface area contributed by atoms with Crippen LogP contribution in [0.5, 0.6) is 0 Å². The Morgan fingerprint density at radius 2 is 1.91 bits per heavy atom. The van der Waals surface area contributed by atoms with Crippen molar-refractivity contribution >= 4 is 5.91 Å². The fourth-order valence-corrected chi connectivity index (χ4v) is 2.32. The lowest BCUT2D eigenvalue weighted by Gasteiger charge is -2.22. The van der Waals surface area contributed by atoms with E-state index in [4.69, 9.17) is 0 Å². The van der Waals surface area contributed by atoms with E-state index in [1.807, 2.05) is 37.2 Å². The smallest absolute Gasteiger partial charge is 0.253 e. The number of hydrogen-bond acceptors (Lipinski definition) is 3. The van der Waals surface area contributed by atoms with Gasteiger partial charge < -0.3 is 15.2 Å². The van der Waals surface area contributed by atoms with Gasteiger partial charge in [-0.2, -0.15) is 0 Å². The van der Waals surface area contributed by atoms with Crippen LogP contribution in [0.3, 0.4) is 0 Å². The number of hydrogen-bond donors (Lipinski definition) is 2. The predicted octanol–water partition coefficient (Wildman–Crippen LogP) is 1.28. The van der Waals surface area contributed by atoms with E-state index in [9.17, 15) is 9.59 Å². The van der Waals surface area contributed by atoms with Crippen LogP contribution >= 0.6 is 0 Å². The second kappa shape index (κ2) is 7.56. The van der Waals surface area contributed by atoms with Crippen molar-refractivity contribution in [1.29, 1.82) is 0 Å². The van der Waals surface area contributed by atoms with Gasteiger partial charge in [0.1, 0.15) is 0 Å². The van der Waals surface area contributed by atoms with Gasteiger partial charge in [0, 0.05) is 24.8 Å². The van der Waals surface area contributed by atoms with Gasteiger partial charge in [-0.3, -0.25) is 9.59 Å². The molecule has 2 aromatic rings. The van der Waals surface area contributed by atoms with Crippen LogP contribution < -0.4 is 10.9 Å². The van der Waals surface area contributed by atoms with Crippen LogP contribution in [0.25, 0.3) is 0 Å². The van der Waals surface area contributed by atoms with E-state index < -0.39 is 0 Å². The summed E-state index contributed by atoms with van der Waals surface area (Å²) in [5.74, 6) is -0.181. The number of amides is 1. The molecule has 2 rings (SSSR count). The van der Waals surface area contributed by atoms with Crippen LogP contribution in [-0.2, 0) is 6.42 Å². The first-order chi connectivity index (χ1) is 10.5. The minimum absolute atomic E-state index is 0.00294. The molecule has 0 saturated heterocycles. The third-order valence-electron chi connectivity index (χ3n) is 3.29. The highest BCUT2D eigenvalue weighted by Gasteiger charge is 2.15. The molecule has 22 heavy (non-hydrogen) atoms. The van der Waals surface area contributed by atoms with Gasteiger partial charge in [0.2, 0.25) is 5.56 Å². The standard InChI is InChI=1S/C17H21N3O2/c1-20(2)12-15(10-13-6-4-3-5-7-13)19-17(22)14-8-9-16(21)18-11-14/h3-9,11,15H,10,12H2,1-2H3,(H,18,21)(H,19,22). The number of pyridine rings is 1. The van der Waals surface area contributed by atoms with Crippen molar-refractivity contribution < 1.29 is 4.79 Å². The molecule has 2 N–H and O–H groups in total. The molecule has 0 bridgehead atoms. The zero-order chi connectivity index (χ0) is 15.9. The number of benzene rings is 1. The molecule has 1 amide bonds. The fraction of sp³-hybridized carbons (Fsp3) is 0.294. The van der Waals surface area contributed by atoms with E-state index in [0.717, 1.165) is 13.0 Å². The Bertz CT molecular complexity index is 645. The zero-order valence-corrected chi connectivity index (χ0v) is 12.9. The maximum atomic E-state index is 12.3. The minimum Gasteiger partial charge on any atom is -0.348 e. The van der Waals surface area contributed by atoms with Gasteiger partial charge in [-0.05, 0) is 32.1 Å². The number of carbonyl (C=O) groups excluding carboxylic acids is 1. The van der Waals surface area contributed by atoms with Gasteiger partial charge in [0.05, 0.1) is 5.56 Å². The molecule has 5 nitrogen and oxygen atoms in total. The molecule has 0 aliphatic rings. The predicted molar refractivity (Wildman–Crippen MR) is 87.0 cm³/mol. The minimum atomic E-state index is -0.217. The number of nitrogens with one attached hydrogen (secondary N) is 2. The maximum absolute atomic E-state index is 12.3. The van der Waals surface area contributed by atoms with Crippen molar-refractivity contribution in [1.82, 2.24) is 15.2 Å². The Kier molecular flexibility index (Phi) is 5.49. The number of rotatable bonds is 6. The van der Waals surface area contributed by atoms with E-state index in [2.05, 4.69) is 22.4 Å². The van der Waals surface area contributed by atoms with E-state index in [1.54, 1.807) is 0 Å². The third kappa shape index (κ3) is 4.86. The first kappa shape index (κ1) is 16.0. The molecule has 0 aliphatic carbocycles. The summed E-state index contributed by atoms with van der Waals surface area (Å²) < 4.78 is 0. The van der Waals surface area contributed by atoms with Gasteiger partial charge >= 0.3 is 0 Å². The first-order valence-corrected chi connectivity index (χ1v) is 7.23. The molecule has 1 heterocycles. The lowest BCUT2D eigenvalue weighted by atomic mass is 10.1. The monoisotopic (exact) mass is 299 g/mol. The SMILES string of the molecule is CN(C)CC(Cc1ccccc1)NC(=O)c1ccc(=O)[nH]c1. The van der Waals surface area contributed by atoms with Crippen LogP contribution in [0.1, 0.15) is 15.9 Å². The lowest BCUT2D eigenvalue weighted by Crippen LogP contribution is -2.43. The average Bonchev–Trinajstić information content (AvgIpc) is 2.48. The van der Waals surface area contributed by atoms with Crippen LogP contribution in [0, 0.1) is 0 Å². The molecular formula is C17H21N3O2. The van der Waals surface area contributed by atoms with Crippen LogP contribution in [0.2, 0.25) is 0 Å². The van der Waals surface area contributed by atoms with E-state index >= 15 is 0 Å². The normalized spacial score (nSPS) is 12.1.